The summed E-state index contributed by atoms with van der Waals surface area (Å²) < 4.78 is 5.56. The van der Waals surface area contributed by atoms with Gasteiger partial charge in [-0.2, -0.15) is 0 Å². The molecule has 134 valence electrons. The lowest BCUT2D eigenvalue weighted by Crippen LogP contribution is -2.53. The van der Waals surface area contributed by atoms with Gasteiger partial charge in [0.15, 0.2) is 5.96 Å². The molecule has 1 fully saturated rings. The van der Waals surface area contributed by atoms with Crippen molar-refractivity contribution in [3.8, 4) is 0 Å². The molecule has 1 unspecified atom stereocenters. The van der Waals surface area contributed by atoms with Crippen molar-refractivity contribution in [2.75, 3.05) is 19.8 Å². The van der Waals surface area contributed by atoms with E-state index in [1.54, 1.807) is 0 Å². The Kier molecular flexibility index (Phi) is 6.24. The van der Waals surface area contributed by atoms with Crippen LogP contribution in [0.5, 0.6) is 0 Å². The van der Waals surface area contributed by atoms with E-state index in [-0.39, 0.29) is 17.1 Å². The Morgan fingerprint density at radius 1 is 1.25 bits per heavy atom. The molecule has 4 N–H and O–H groups in total. The van der Waals surface area contributed by atoms with E-state index in [9.17, 15) is 0 Å². The highest BCUT2D eigenvalue weighted by molar-refractivity contribution is 5.78. The van der Waals surface area contributed by atoms with Crippen LogP contribution in [0.2, 0.25) is 0 Å². The number of nitrogens with zero attached hydrogens (tertiary/aromatic N) is 1. The fraction of sp³-hybridized carbons (Fsp3) is 0.632. The first-order valence-corrected chi connectivity index (χ1v) is 8.78. The Balaban J connectivity index is 2.07. The van der Waals surface area contributed by atoms with Gasteiger partial charge in [0.1, 0.15) is 0 Å². The monoisotopic (exact) mass is 332 g/mol. The molecule has 1 aromatic carbocycles. The second-order valence-corrected chi connectivity index (χ2v) is 7.75. The number of aliphatic imine (C=N–C) groups is 1. The van der Waals surface area contributed by atoms with Crippen molar-refractivity contribution in [1.82, 2.24) is 10.6 Å². The second-order valence-electron chi connectivity index (χ2n) is 7.75. The smallest absolute Gasteiger partial charge is 0.189 e. The first kappa shape index (κ1) is 18.7. The fourth-order valence-electron chi connectivity index (χ4n) is 3.05. The minimum Gasteiger partial charge on any atom is -0.381 e. The minimum atomic E-state index is -0.0822. The maximum atomic E-state index is 6.06. The molecule has 1 heterocycles. The van der Waals surface area contributed by atoms with Crippen molar-refractivity contribution in [2.45, 2.75) is 57.7 Å². The molecule has 1 aliphatic heterocycles. The van der Waals surface area contributed by atoms with Gasteiger partial charge in [-0.3, -0.25) is 4.99 Å². The summed E-state index contributed by atoms with van der Waals surface area (Å²) in [6.45, 7) is 10.6. The standard InChI is InChI=1S/C19H32N4O/c1-15(16-8-6-5-7-9-16)22-19(10-12-24-13-11-19)14-21-17(20)23-18(2,3)4/h5-9,15,22H,10-14H2,1-4H3,(H3,20,21,23). The van der Waals surface area contributed by atoms with E-state index >= 15 is 0 Å². The Labute approximate surface area is 146 Å². The first-order valence-electron chi connectivity index (χ1n) is 8.78. The molecule has 0 radical (unpaired) electrons. The molecule has 0 amide bonds. The number of ether oxygens (including phenoxy) is 1. The summed E-state index contributed by atoms with van der Waals surface area (Å²) >= 11 is 0. The maximum Gasteiger partial charge on any atom is 0.189 e. The summed E-state index contributed by atoms with van der Waals surface area (Å²) in [4.78, 5) is 4.62. The predicted octanol–water partition coefficient (Wildman–Crippen LogP) is 2.59. The number of hydrogen-bond donors (Lipinski definition) is 3. The summed E-state index contributed by atoms with van der Waals surface area (Å²) in [5.74, 6) is 0.502. The third-order valence-electron chi connectivity index (χ3n) is 4.33. The molecular formula is C19H32N4O. The molecule has 0 spiro atoms. The van der Waals surface area contributed by atoms with Gasteiger partial charge in [0.05, 0.1) is 6.54 Å². The van der Waals surface area contributed by atoms with Gasteiger partial charge in [0.25, 0.3) is 0 Å². The van der Waals surface area contributed by atoms with E-state index in [1.165, 1.54) is 5.56 Å². The molecular weight excluding hydrogens is 300 g/mol. The van der Waals surface area contributed by atoms with Gasteiger partial charge in [-0.25, -0.2) is 0 Å². The quantitative estimate of drug-likeness (QED) is 0.572. The third kappa shape index (κ3) is 5.80. The van der Waals surface area contributed by atoms with Crippen LogP contribution in [0.1, 0.15) is 52.1 Å². The Morgan fingerprint density at radius 2 is 1.88 bits per heavy atom. The summed E-state index contributed by atoms with van der Waals surface area (Å²) in [5.41, 5.74) is 7.19. The molecule has 0 bridgehead atoms. The SMILES string of the molecule is CC(NC1(CN=C(N)NC(C)(C)C)CCOCC1)c1ccccc1. The summed E-state index contributed by atoms with van der Waals surface area (Å²) in [6.07, 6.45) is 1.88. The van der Waals surface area contributed by atoms with E-state index in [0.717, 1.165) is 26.1 Å². The zero-order chi connectivity index (χ0) is 17.6. The molecule has 24 heavy (non-hydrogen) atoms. The van der Waals surface area contributed by atoms with Crippen LogP contribution in [0.15, 0.2) is 35.3 Å². The van der Waals surface area contributed by atoms with Gasteiger partial charge >= 0.3 is 0 Å². The van der Waals surface area contributed by atoms with E-state index in [2.05, 4.69) is 67.6 Å². The van der Waals surface area contributed by atoms with Crippen LogP contribution in [0.25, 0.3) is 0 Å². The number of rotatable bonds is 5. The fourth-order valence-corrected chi connectivity index (χ4v) is 3.05. The topological polar surface area (TPSA) is 71.7 Å². The lowest BCUT2D eigenvalue weighted by molar-refractivity contribution is 0.0374. The second kappa shape index (κ2) is 7.99. The van der Waals surface area contributed by atoms with Crippen LogP contribution in [-0.4, -0.2) is 36.8 Å². The number of nitrogens with two attached hydrogens (primary N) is 1. The van der Waals surface area contributed by atoms with Crippen molar-refractivity contribution in [1.29, 1.82) is 0 Å². The summed E-state index contributed by atoms with van der Waals surface area (Å²) in [6, 6.07) is 10.8. The number of benzene rings is 1. The minimum absolute atomic E-state index is 0.0717. The van der Waals surface area contributed by atoms with E-state index in [1.807, 2.05) is 6.07 Å². The van der Waals surface area contributed by atoms with Gasteiger partial charge < -0.3 is 21.1 Å². The van der Waals surface area contributed by atoms with Gasteiger partial charge in [-0.15, -0.1) is 0 Å². The highest BCUT2D eigenvalue weighted by Crippen LogP contribution is 2.26. The molecule has 1 aromatic rings. The molecule has 5 nitrogen and oxygen atoms in total. The summed E-state index contributed by atoms with van der Waals surface area (Å²) in [5, 5.41) is 7.03. The normalized spacial score (nSPS) is 19.8. The van der Waals surface area contributed by atoms with E-state index < -0.39 is 0 Å². The lowest BCUT2D eigenvalue weighted by atomic mass is 9.88. The van der Waals surface area contributed by atoms with Gasteiger partial charge in [0, 0.05) is 30.3 Å². The van der Waals surface area contributed by atoms with Crippen LogP contribution in [-0.2, 0) is 4.74 Å². The molecule has 5 heteroatoms. The maximum absolute atomic E-state index is 6.06. The van der Waals surface area contributed by atoms with Gasteiger partial charge in [-0.05, 0) is 46.1 Å². The highest BCUT2D eigenvalue weighted by atomic mass is 16.5. The Hall–Kier alpha value is -1.59. The number of guanidine groups is 1. The van der Waals surface area contributed by atoms with Crippen LogP contribution < -0.4 is 16.4 Å². The summed E-state index contributed by atoms with van der Waals surface area (Å²) in [7, 11) is 0. The van der Waals surface area contributed by atoms with Crippen molar-refractivity contribution >= 4 is 5.96 Å². The molecule has 0 saturated carbocycles. The molecule has 1 saturated heterocycles. The predicted molar refractivity (Wildman–Crippen MR) is 100 cm³/mol. The van der Waals surface area contributed by atoms with Crippen LogP contribution in [0.4, 0.5) is 0 Å². The average molecular weight is 332 g/mol. The van der Waals surface area contributed by atoms with Gasteiger partial charge in [0.2, 0.25) is 0 Å². The number of hydrogen-bond acceptors (Lipinski definition) is 3. The lowest BCUT2D eigenvalue weighted by Gasteiger charge is -2.39. The first-order chi connectivity index (χ1) is 11.3. The zero-order valence-electron chi connectivity index (χ0n) is 15.4. The average Bonchev–Trinajstić information content (AvgIpc) is 2.53. The molecule has 1 aliphatic rings. The molecule has 2 rings (SSSR count). The molecule has 0 aromatic heterocycles. The molecule has 0 aliphatic carbocycles. The van der Waals surface area contributed by atoms with Crippen molar-refractivity contribution < 1.29 is 4.74 Å². The van der Waals surface area contributed by atoms with Crippen molar-refractivity contribution in [2.24, 2.45) is 10.7 Å². The van der Waals surface area contributed by atoms with Crippen molar-refractivity contribution in [3.05, 3.63) is 35.9 Å². The zero-order valence-corrected chi connectivity index (χ0v) is 15.4. The third-order valence-corrected chi connectivity index (χ3v) is 4.33. The van der Waals surface area contributed by atoms with Gasteiger partial charge in [-0.1, -0.05) is 30.3 Å². The number of nitrogens with one attached hydrogen (secondary N) is 2. The molecule has 1 atom stereocenters. The largest absolute Gasteiger partial charge is 0.381 e. The highest BCUT2D eigenvalue weighted by Gasteiger charge is 2.34. The van der Waals surface area contributed by atoms with Crippen molar-refractivity contribution in [3.63, 3.8) is 0 Å². The Bertz CT molecular complexity index is 530. The van der Waals surface area contributed by atoms with E-state index in [4.69, 9.17) is 10.5 Å². The van der Waals surface area contributed by atoms with Crippen LogP contribution in [0.3, 0.4) is 0 Å². The van der Waals surface area contributed by atoms with Crippen LogP contribution >= 0.6 is 0 Å². The van der Waals surface area contributed by atoms with E-state index in [0.29, 0.717) is 12.5 Å². The Morgan fingerprint density at radius 3 is 2.46 bits per heavy atom. The van der Waals surface area contributed by atoms with Crippen LogP contribution in [0, 0.1) is 0 Å².